The summed E-state index contributed by atoms with van der Waals surface area (Å²) in [4.78, 5) is 0. The Morgan fingerprint density at radius 1 is 0.800 bits per heavy atom. The van der Waals surface area contributed by atoms with Gasteiger partial charge in [-0.2, -0.15) is 0 Å². The van der Waals surface area contributed by atoms with E-state index in [-0.39, 0.29) is 0 Å². The number of hydrogen-bond acceptors (Lipinski definition) is 4. The Balaban J connectivity index is 1.69. The lowest BCUT2D eigenvalue weighted by molar-refractivity contribution is 0.121. The van der Waals surface area contributed by atoms with Gasteiger partial charge in [-0.1, -0.05) is 48.1 Å². The van der Waals surface area contributed by atoms with Crippen molar-refractivity contribution in [2.24, 2.45) is 0 Å². The summed E-state index contributed by atoms with van der Waals surface area (Å²) in [6.45, 7) is 8.71. The van der Waals surface area contributed by atoms with Crippen LogP contribution in [-0.2, 0) is 22.7 Å². The van der Waals surface area contributed by atoms with Crippen molar-refractivity contribution in [3.63, 3.8) is 0 Å². The number of ether oxygens (including phenoxy) is 4. The molecule has 0 radical (unpaired) electrons. The summed E-state index contributed by atoms with van der Waals surface area (Å²) in [5, 5.41) is 0. The van der Waals surface area contributed by atoms with Gasteiger partial charge in [0.05, 0.1) is 40.6 Å². The molecule has 0 aromatic heterocycles. The van der Waals surface area contributed by atoms with Crippen LogP contribution in [0.2, 0.25) is 0 Å². The highest BCUT2D eigenvalue weighted by Gasteiger charge is 2.01. The maximum absolute atomic E-state index is 5.86. The van der Waals surface area contributed by atoms with Crippen molar-refractivity contribution < 1.29 is 18.9 Å². The molecule has 0 aliphatic rings. The summed E-state index contributed by atoms with van der Waals surface area (Å²) >= 11 is 0. The van der Waals surface area contributed by atoms with E-state index in [1.807, 2.05) is 48.5 Å². The van der Waals surface area contributed by atoms with Gasteiger partial charge in [0.25, 0.3) is 0 Å². The van der Waals surface area contributed by atoms with Crippen LogP contribution >= 0.6 is 0 Å². The first-order valence-electron chi connectivity index (χ1n) is 10.3. The van der Waals surface area contributed by atoms with Crippen molar-refractivity contribution in [1.29, 1.82) is 0 Å². The molecule has 4 heteroatoms. The molecule has 0 amide bonds. The second kappa shape index (κ2) is 13.6. The van der Waals surface area contributed by atoms with Crippen molar-refractivity contribution in [2.75, 3.05) is 27.4 Å². The zero-order valence-electron chi connectivity index (χ0n) is 18.5. The summed E-state index contributed by atoms with van der Waals surface area (Å²) in [6, 6.07) is 15.9. The van der Waals surface area contributed by atoms with Crippen molar-refractivity contribution in [2.45, 2.75) is 39.4 Å². The molecule has 0 N–H and O–H groups in total. The van der Waals surface area contributed by atoms with E-state index in [2.05, 4.69) is 19.6 Å². The Kier molecular flexibility index (Phi) is 10.8. The van der Waals surface area contributed by atoms with Crippen molar-refractivity contribution in [3.8, 4) is 11.5 Å². The smallest absolute Gasteiger partial charge is 0.118 e. The van der Waals surface area contributed by atoms with Crippen LogP contribution in [0.4, 0.5) is 0 Å². The van der Waals surface area contributed by atoms with Gasteiger partial charge in [-0.25, -0.2) is 0 Å². The molecule has 0 aliphatic carbocycles. The predicted molar refractivity (Wildman–Crippen MR) is 122 cm³/mol. The Morgan fingerprint density at radius 3 is 1.77 bits per heavy atom. The molecule has 0 fully saturated rings. The van der Waals surface area contributed by atoms with E-state index < -0.39 is 0 Å². The Labute approximate surface area is 181 Å². The van der Waals surface area contributed by atoms with Crippen LogP contribution in [0.5, 0.6) is 11.5 Å². The summed E-state index contributed by atoms with van der Waals surface area (Å²) in [5.74, 6) is 1.72. The van der Waals surface area contributed by atoms with Gasteiger partial charge in [0.2, 0.25) is 0 Å². The molecule has 0 bridgehead atoms. The molecule has 0 saturated carbocycles. The predicted octanol–water partition coefficient (Wildman–Crippen LogP) is 6.11. The number of hydrogen-bond donors (Lipinski definition) is 0. The summed E-state index contributed by atoms with van der Waals surface area (Å²) in [7, 11) is 3.34. The third-order valence-corrected chi connectivity index (χ3v) is 4.65. The Morgan fingerprint density at radius 2 is 1.30 bits per heavy atom. The van der Waals surface area contributed by atoms with Gasteiger partial charge in [-0.15, -0.1) is 0 Å². The van der Waals surface area contributed by atoms with E-state index in [1.54, 1.807) is 14.2 Å². The molecular formula is C26H34O4. The van der Waals surface area contributed by atoms with Crippen LogP contribution in [-0.4, -0.2) is 27.4 Å². The van der Waals surface area contributed by atoms with E-state index in [0.29, 0.717) is 26.4 Å². The second-order valence-electron chi connectivity index (χ2n) is 7.34. The highest BCUT2D eigenvalue weighted by Crippen LogP contribution is 2.16. The van der Waals surface area contributed by atoms with E-state index >= 15 is 0 Å². The summed E-state index contributed by atoms with van der Waals surface area (Å²) in [6.07, 6.45) is 4.96. The maximum Gasteiger partial charge on any atom is 0.118 e. The van der Waals surface area contributed by atoms with Crippen LogP contribution in [0.25, 0.3) is 0 Å². The van der Waals surface area contributed by atoms with E-state index in [1.165, 1.54) is 5.57 Å². The minimum absolute atomic E-state index is 0.606. The second-order valence-corrected chi connectivity index (χ2v) is 7.34. The highest BCUT2D eigenvalue weighted by atomic mass is 16.5. The topological polar surface area (TPSA) is 36.9 Å². The lowest BCUT2D eigenvalue weighted by atomic mass is 10.0. The molecule has 0 aliphatic heterocycles. The SMILES string of the molecule is C=C(C)C/C(=C\CCOCc1ccc(OC)cc1)CCOCc1ccc(OC)cc1. The number of allylic oxidation sites excluding steroid dienone is 1. The first-order valence-corrected chi connectivity index (χ1v) is 10.3. The normalized spacial score (nSPS) is 11.4. The maximum atomic E-state index is 5.86. The zero-order valence-corrected chi connectivity index (χ0v) is 18.5. The zero-order chi connectivity index (χ0) is 21.6. The average molecular weight is 411 g/mol. The van der Waals surface area contributed by atoms with Crippen LogP contribution in [0, 0.1) is 0 Å². The molecule has 0 heterocycles. The summed E-state index contributed by atoms with van der Waals surface area (Å²) < 4.78 is 22.0. The average Bonchev–Trinajstić information content (AvgIpc) is 2.76. The summed E-state index contributed by atoms with van der Waals surface area (Å²) in [5.41, 5.74) is 4.81. The van der Waals surface area contributed by atoms with Crippen molar-refractivity contribution in [3.05, 3.63) is 83.5 Å². The molecule has 0 saturated heterocycles. The highest BCUT2D eigenvalue weighted by molar-refractivity contribution is 5.27. The standard InChI is InChI=1S/C26H34O4/c1-21(2)18-22(15-17-30-20-24-9-13-26(28-4)14-10-24)6-5-16-29-19-23-7-11-25(27-3)12-8-23/h6-14H,1,5,15-20H2,2-4H3/b22-6-. The van der Waals surface area contributed by atoms with Crippen LogP contribution in [0.3, 0.4) is 0 Å². The van der Waals surface area contributed by atoms with E-state index in [9.17, 15) is 0 Å². The van der Waals surface area contributed by atoms with Gasteiger partial charge in [-0.3, -0.25) is 0 Å². The van der Waals surface area contributed by atoms with E-state index in [0.717, 1.165) is 47.5 Å². The van der Waals surface area contributed by atoms with Gasteiger partial charge in [0.1, 0.15) is 11.5 Å². The van der Waals surface area contributed by atoms with Crippen LogP contribution < -0.4 is 9.47 Å². The molecule has 2 aromatic rings. The van der Waals surface area contributed by atoms with Crippen LogP contribution in [0.1, 0.15) is 37.3 Å². The van der Waals surface area contributed by atoms with Gasteiger partial charge < -0.3 is 18.9 Å². The molecule has 0 unspecified atom stereocenters. The van der Waals surface area contributed by atoms with Crippen molar-refractivity contribution >= 4 is 0 Å². The molecule has 4 nitrogen and oxygen atoms in total. The fourth-order valence-electron chi connectivity index (χ4n) is 3.02. The van der Waals surface area contributed by atoms with Crippen molar-refractivity contribution in [1.82, 2.24) is 0 Å². The minimum atomic E-state index is 0.606. The van der Waals surface area contributed by atoms with Gasteiger partial charge >= 0.3 is 0 Å². The van der Waals surface area contributed by atoms with Gasteiger partial charge in [-0.05, 0) is 61.6 Å². The fourth-order valence-corrected chi connectivity index (χ4v) is 3.02. The third kappa shape index (κ3) is 9.29. The monoisotopic (exact) mass is 410 g/mol. The Bertz CT molecular complexity index is 776. The number of methoxy groups -OCH3 is 2. The molecule has 2 rings (SSSR count). The first kappa shape index (κ1) is 23.7. The molecular weight excluding hydrogens is 376 g/mol. The lowest BCUT2D eigenvalue weighted by Crippen LogP contribution is -1.99. The molecule has 30 heavy (non-hydrogen) atoms. The molecule has 162 valence electrons. The quantitative estimate of drug-likeness (QED) is 0.278. The lowest BCUT2D eigenvalue weighted by Gasteiger charge is -2.10. The minimum Gasteiger partial charge on any atom is -0.497 e. The number of rotatable bonds is 14. The van der Waals surface area contributed by atoms with Gasteiger partial charge in [0, 0.05) is 0 Å². The Hall–Kier alpha value is -2.56. The van der Waals surface area contributed by atoms with Gasteiger partial charge in [0.15, 0.2) is 0 Å². The first-order chi connectivity index (χ1) is 14.6. The molecule has 2 aromatic carbocycles. The third-order valence-electron chi connectivity index (χ3n) is 4.65. The molecule has 0 atom stereocenters. The van der Waals surface area contributed by atoms with Crippen LogP contribution in [0.15, 0.2) is 72.3 Å². The fraction of sp³-hybridized carbons (Fsp3) is 0.385. The number of benzene rings is 2. The largest absolute Gasteiger partial charge is 0.497 e. The molecule has 0 spiro atoms. The van der Waals surface area contributed by atoms with E-state index in [4.69, 9.17) is 18.9 Å².